The molecule has 24 heavy (non-hydrogen) atoms. The lowest BCUT2D eigenvalue weighted by Crippen LogP contribution is -2.00. The molecule has 2 N–H and O–H groups in total. The second-order valence-electron chi connectivity index (χ2n) is 5.04. The van der Waals surface area contributed by atoms with Gasteiger partial charge in [-0.3, -0.25) is 0 Å². The lowest BCUT2D eigenvalue weighted by molar-refractivity contribution is 1.31. The number of nitriles is 1. The first-order valence-corrected chi connectivity index (χ1v) is 8.47. The highest BCUT2D eigenvalue weighted by Gasteiger charge is 2.16. The molecule has 0 saturated carbocycles. The summed E-state index contributed by atoms with van der Waals surface area (Å²) in [4.78, 5) is 4.35. The fourth-order valence-corrected chi connectivity index (χ4v) is 3.20. The van der Waals surface area contributed by atoms with E-state index in [1.165, 1.54) is 0 Å². The number of benzene rings is 2. The highest BCUT2D eigenvalue weighted by atomic mass is 79.9. The van der Waals surface area contributed by atoms with Crippen molar-refractivity contribution in [3.8, 4) is 28.5 Å². The largest absolute Gasteiger partial charge is 0.383 e. The molecule has 0 spiro atoms. The van der Waals surface area contributed by atoms with Gasteiger partial charge in [-0.1, -0.05) is 63.4 Å². The van der Waals surface area contributed by atoms with Crippen LogP contribution in [0.1, 0.15) is 5.56 Å². The number of halogens is 3. The molecule has 0 saturated heterocycles. The third-order valence-electron chi connectivity index (χ3n) is 3.52. The molecule has 0 unspecified atom stereocenters. The maximum atomic E-state index is 9.47. The van der Waals surface area contributed by atoms with E-state index in [-0.39, 0.29) is 11.4 Å². The summed E-state index contributed by atoms with van der Waals surface area (Å²) in [5, 5.41) is 10.3. The topological polar surface area (TPSA) is 62.7 Å². The Balaban J connectivity index is 2.29. The molecule has 3 aromatic rings. The van der Waals surface area contributed by atoms with E-state index in [1.807, 2.05) is 24.3 Å². The Bertz CT molecular complexity index is 980. The van der Waals surface area contributed by atoms with Gasteiger partial charge < -0.3 is 5.73 Å². The number of rotatable bonds is 2. The van der Waals surface area contributed by atoms with Gasteiger partial charge in [0.15, 0.2) is 0 Å². The van der Waals surface area contributed by atoms with Gasteiger partial charge in [0.25, 0.3) is 0 Å². The second-order valence-corrected chi connectivity index (χ2v) is 6.74. The summed E-state index contributed by atoms with van der Waals surface area (Å²) in [6, 6.07) is 16.8. The van der Waals surface area contributed by atoms with E-state index < -0.39 is 0 Å². The zero-order valence-corrected chi connectivity index (χ0v) is 15.3. The van der Waals surface area contributed by atoms with Crippen molar-refractivity contribution in [2.45, 2.75) is 0 Å². The van der Waals surface area contributed by atoms with E-state index >= 15 is 0 Å². The van der Waals surface area contributed by atoms with Crippen molar-refractivity contribution in [3.05, 3.63) is 68.6 Å². The number of hydrogen-bond acceptors (Lipinski definition) is 3. The quantitative estimate of drug-likeness (QED) is 0.560. The van der Waals surface area contributed by atoms with Gasteiger partial charge in [-0.2, -0.15) is 5.26 Å². The molecule has 1 heterocycles. The van der Waals surface area contributed by atoms with Crippen LogP contribution < -0.4 is 5.73 Å². The maximum absolute atomic E-state index is 9.47. The first-order chi connectivity index (χ1) is 11.5. The molecule has 0 bridgehead atoms. The lowest BCUT2D eigenvalue weighted by atomic mass is 9.98. The summed E-state index contributed by atoms with van der Waals surface area (Å²) >= 11 is 15.9. The van der Waals surface area contributed by atoms with Crippen molar-refractivity contribution in [1.82, 2.24) is 4.98 Å². The van der Waals surface area contributed by atoms with Gasteiger partial charge in [-0.05, 0) is 24.3 Å². The van der Waals surface area contributed by atoms with E-state index in [0.717, 1.165) is 10.0 Å². The third kappa shape index (κ3) is 3.11. The summed E-state index contributed by atoms with van der Waals surface area (Å²) in [5.41, 5.74) is 9.06. The van der Waals surface area contributed by atoms with Gasteiger partial charge in [0.1, 0.15) is 17.5 Å². The molecule has 0 fully saturated rings. The van der Waals surface area contributed by atoms with Crippen molar-refractivity contribution >= 4 is 44.9 Å². The summed E-state index contributed by atoms with van der Waals surface area (Å²) in [6.45, 7) is 0. The third-order valence-corrected chi connectivity index (χ3v) is 4.83. The number of aromatic nitrogens is 1. The molecule has 2 aromatic carbocycles. The Morgan fingerprint density at radius 3 is 2.50 bits per heavy atom. The smallest absolute Gasteiger partial charge is 0.142 e. The SMILES string of the molecule is N#Cc1c(-c2cccc(Cl)c2Cl)cc(-c2cccc(Br)c2)nc1N. The Morgan fingerprint density at radius 2 is 1.79 bits per heavy atom. The molecule has 0 aliphatic heterocycles. The van der Waals surface area contributed by atoms with Crippen LogP contribution in [-0.2, 0) is 0 Å². The maximum Gasteiger partial charge on any atom is 0.142 e. The van der Waals surface area contributed by atoms with E-state index in [2.05, 4.69) is 27.0 Å². The zero-order valence-electron chi connectivity index (χ0n) is 12.2. The fraction of sp³-hybridized carbons (Fsp3) is 0. The minimum atomic E-state index is 0.154. The number of nitrogen functional groups attached to an aromatic ring is 1. The lowest BCUT2D eigenvalue weighted by Gasteiger charge is -2.12. The molecule has 3 rings (SSSR count). The minimum absolute atomic E-state index is 0.154. The van der Waals surface area contributed by atoms with Crippen molar-refractivity contribution in [3.63, 3.8) is 0 Å². The highest BCUT2D eigenvalue weighted by molar-refractivity contribution is 9.10. The molecule has 1 aromatic heterocycles. The Labute approximate surface area is 157 Å². The molecule has 3 nitrogen and oxygen atoms in total. The van der Waals surface area contributed by atoms with E-state index in [4.69, 9.17) is 28.9 Å². The number of nitrogens with zero attached hydrogens (tertiary/aromatic N) is 2. The average molecular weight is 419 g/mol. The van der Waals surface area contributed by atoms with Gasteiger partial charge in [0.2, 0.25) is 0 Å². The summed E-state index contributed by atoms with van der Waals surface area (Å²) in [6.07, 6.45) is 0. The first kappa shape index (κ1) is 16.8. The van der Waals surface area contributed by atoms with Crippen LogP contribution in [-0.4, -0.2) is 4.98 Å². The van der Waals surface area contributed by atoms with E-state index in [0.29, 0.717) is 26.9 Å². The van der Waals surface area contributed by atoms with Crippen LogP contribution in [0.5, 0.6) is 0 Å². The van der Waals surface area contributed by atoms with Crippen LogP contribution in [0, 0.1) is 11.3 Å². The molecule has 0 radical (unpaired) electrons. The van der Waals surface area contributed by atoms with Crippen molar-refractivity contribution in [2.75, 3.05) is 5.73 Å². The number of hydrogen-bond donors (Lipinski definition) is 1. The molecule has 118 valence electrons. The molecule has 0 aliphatic rings. The van der Waals surface area contributed by atoms with Crippen LogP contribution in [0.25, 0.3) is 22.4 Å². The standard InChI is InChI=1S/C18H10BrCl2N3/c19-11-4-1-3-10(7-11)16-8-13(14(9-22)18(23)24-16)12-5-2-6-15(20)17(12)21/h1-8H,(H2,23,24). The number of anilines is 1. The van der Waals surface area contributed by atoms with Crippen LogP contribution in [0.3, 0.4) is 0 Å². The molecular weight excluding hydrogens is 409 g/mol. The van der Waals surface area contributed by atoms with Gasteiger partial charge in [-0.15, -0.1) is 0 Å². The molecule has 0 amide bonds. The number of nitrogens with two attached hydrogens (primary N) is 1. The summed E-state index contributed by atoms with van der Waals surface area (Å²) in [7, 11) is 0. The molecular formula is C18H10BrCl2N3. The molecule has 6 heteroatoms. The minimum Gasteiger partial charge on any atom is -0.383 e. The summed E-state index contributed by atoms with van der Waals surface area (Å²) < 4.78 is 0.923. The number of pyridine rings is 1. The predicted octanol–water partition coefficient (Wildman–Crippen LogP) is 5.94. The Kier molecular flexibility index (Phi) is 4.77. The monoisotopic (exact) mass is 417 g/mol. The Hall–Kier alpha value is -2.06. The first-order valence-electron chi connectivity index (χ1n) is 6.92. The van der Waals surface area contributed by atoms with Crippen LogP contribution in [0.4, 0.5) is 5.82 Å². The van der Waals surface area contributed by atoms with Crippen molar-refractivity contribution in [1.29, 1.82) is 5.26 Å². The van der Waals surface area contributed by atoms with E-state index in [9.17, 15) is 5.26 Å². The van der Waals surface area contributed by atoms with E-state index in [1.54, 1.807) is 24.3 Å². The van der Waals surface area contributed by atoms with Gasteiger partial charge in [0, 0.05) is 21.2 Å². The molecule has 0 atom stereocenters. The van der Waals surface area contributed by atoms with Crippen molar-refractivity contribution in [2.24, 2.45) is 0 Å². The van der Waals surface area contributed by atoms with Crippen LogP contribution >= 0.6 is 39.1 Å². The predicted molar refractivity (Wildman–Crippen MR) is 102 cm³/mol. The zero-order chi connectivity index (χ0) is 17.3. The van der Waals surface area contributed by atoms with Crippen molar-refractivity contribution < 1.29 is 0 Å². The van der Waals surface area contributed by atoms with Crippen LogP contribution in [0.15, 0.2) is 53.0 Å². The van der Waals surface area contributed by atoms with Gasteiger partial charge >= 0.3 is 0 Å². The summed E-state index contributed by atoms with van der Waals surface area (Å²) in [5.74, 6) is 0.154. The van der Waals surface area contributed by atoms with Crippen LogP contribution in [0.2, 0.25) is 10.0 Å². The van der Waals surface area contributed by atoms with Gasteiger partial charge in [0.05, 0.1) is 15.7 Å². The average Bonchev–Trinajstić information content (AvgIpc) is 2.56. The normalized spacial score (nSPS) is 10.4. The Morgan fingerprint density at radius 1 is 1.04 bits per heavy atom. The highest BCUT2D eigenvalue weighted by Crippen LogP contribution is 2.38. The second kappa shape index (κ2) is 6.82. The molecule has 0 aliphatic carbocycles. The fourth-order valence-electron chi connectivity index (χ4n) is 2.40. The van der Waals surface area contributed by atoms with Gasteiger partial charge in [-0.25, -0.2) is 4.98 Å².